The highest BCUT2D eigenvalue weighted by Crippen LogP contribution is 2.22. The highest BCUT2D eigenvalue weighted by molar-refractivity contribution is 5.95. The normalized spacial score (nSPS) is 10.6. The van der Waals surface area contributed by atoms with Gasteiger partial charge >= 0.3 is 0 Å². The number of aromatic nitrogens is 1. The van der Waals surface area contributed by atoms with E-state index in [0.29, 0.717) is 35.9 Å². The van der Waals surface area contributed by atoms with Gasteiger partial charge < -0.3 is 19.2 Å². The smallest absolute Gasteiger partial charge is 0.251 e. The molecule has 6 heteroatoms. The number of hydrogen-bond donors (Lipinski definition) is 1. The topological polar surface area (TPSA) is 73.6 Å². The molecule has 0 fully saturated rings. The van der Waals surface area contributed by atoms with Crippen LogP contribution in [0.15, 0.2) is 46.9 Å². The summed E-state index contributed by atoms with van der Waals surface area (Å²) in [5.74, 6) is 1.53. The number of carbonyl (C=O) groups excluding carboxylic acids is 1. The van der Waals surface area contributed by atoms with E-state index in [0.717, 1.165) is 11.1 Å². The molecule has 1 N–H and O–H groups in total. The van der Waals surface area contributed by atoms with Gasteiger partial charge in [0.1, 0.15) is 17.0 Å². The molecule has 3 rings (SSSR count). The molecule has 0 atom stereocenters. The summed E-state index contributed by atoms with van der Waals surface area (Å²) >= 11 is 0. The van der Waals surface area contributed by atoms with Crippen LogP contribution >= 0.6 is 0 Å². The summed E-state index contributed by atoms with van der Waals surface area (Å²) in [5.41, 5.74) is 2.04. The van der Waals surface area contributed by atoms with Crippen LogP contribution in [0.1, 0.15) is 16.2 Å². The zero-order valence-electron chi connectivity index (χ0n) is 13.5. The Hall–Kier alpha value is -3.02. The van der Waals surface area contributed by atoms with Gasteiger partial charge in [-0.1, -0.05) is 12.1 Å². The van der Waals surface area contributed by atoms with Gasteiger partial charge in [0.05, 0.1) is 14.2 Å². The molecule has 0 spiro atoms. The van der Waals surface area contributed by atoms with Gasteiger partial charge in [0.2, 0.25) is 0 Å². The van der Waals surface area contributed by atoms with Crippen molar-refractivity contribution in [3.63, 3.8) is 0 Å². The maximum atomic E-state index is 12.3. The van der Waals surface area contributed by atoms with Crippen molar-refractivity contribution in [1.29, 1.82) is 0 Å². The highest BCUT2D eigenvalue weighted by Gasteiger charge is 2.10. The van der Waals surface area contributed by atoms with Crippen LogP contribution in [-0.4, -0.2) is 31.7 Å². The molecule has 124 valence electrons. The highest BCUT2D eigenvalue weighted by atomic mass is 16.5. The monoisotopic (exact) mass is 326 g/mol. The Morgan fingerprint density at radius 3 is 2.50 bits per heavy atom. The molecule has 1 heterocycles. The van der Waals surface area contributed by atoms with E-state index in [1.54, 1.807) is 32.4 Å². The fraction of sp³-hybridized carbons (Fsp3) is 0.222. The van der Waals surface area contributed by atoms with E-state index in [1.165, 1.54) is 0 Å². The molecule has 0 radical (unpaired) electrons. The van der Waals surface area contributed by atoms with E-state index < -0.39 is 0 Å². The largest absolute Gasteiger partial charge is 0.497 e. The predicted octanol–water partition coefficient (Wildman–Crippen LogP) is 2.82. The van der Waals surface area contributed by atoms with Gasteiger partial charge in [-0.25, -0.2) is 4.98 Å². The van der Waals surface area contributed by atoms with Crippen molar-refractivity contribution in [2.45, 2.75) is 6.42 Å². The summed E-state index contributed by atoms with van der Waals surface area (Å²) in [6.07, 6.45) is 0.515. The van der Waals surface area contributed by atoms with Gasteiger partial charge in [0.15, 0.2) is 11.5 Å². The summed E-state index contributed by atoms with van der Waals surface area (Å²) in [5, 5.41) is 2.84. The quantitative estimate of drug-likeness (QED) is 0.754. The number of ether oxygens (including phenoxy) is 2. The Kier molecular flexibility index (Phi) is 4.65. The number of carbonyl (C=O) groups is 1. The average molecular weight is 326 g/mol. The first-order valence-corrected chi connectivity index (χ1v) is 7.55. The van der Waals surface area contributed by atoms with Crippen molar-refractivity contribution >= 4 is 17.0 Å². The lowest BCUT2D eigenvalue weighted by Gasteiger charge is -2.08. The third-order valence-corrected chi connectivity index (χ3v) is 3.58. The number of para-hydroxylation sites is 2. The first-order chi connectivity index (χ1) is 11.7. The van der Waals surface area contributed by atoms with Gasteiger partial charge in [-0.05, 0) is 24.3 Å². The molecule has 2 aromatic carbocycles. The lowest BCUT2D eigenvalue weighted by Crippen LogP contribution is -2.25. The lowest BCUT2D eigenvalue weighted by molar-refractivity contribution is 0.0953. The minimum absolute atomic E-state index is 0.205. The number of oxazole rings is 1. The Bertz CT molecular complexity index is 802. The number of rotatable bonds is 6. The summed E-state index contributed by atoms with van der Waals surface area (Å²) in [6.45, 7) is 0.422. The van der Waals surface area contributed by atoms with Crippen LogP contribution in [0.25, 0.3) is 11.1 Å². The molecule has 1 aromatic heterocycles. The Balaban J connectivity index is 1.63. The number of hydrogen-bond acceptors (Lipinski definition) is 5. The SMILES string of the molecule is COc1cc(OC)cc(C(=O)NCCc2nc3ccccc3o2)c1. The van der Waals surface area contributed by atoms with Gasteiger partial charge in [0, 0.05) is 24.6 Å². The molecular weight excluding hydrogens is 308 g/mol. The molecule has 3 aromatic rings. The lowest BCUT2D eigenvalue weighted by atomic mass is 10.2. The maximum Gasteiger partial charge on any atom is 0.251 e. The second kappa shape index (κ2) is 7.04. The summed E-state index contributed by atoms with van der Waals surface area (Å²) in [7, 11) is 3.09. The molecule has 0 saturated carbocycles. The molecule has 0 saturated heterocycles. The van der Waals surface area contributed by atoms with E-state index >= 15 is 0 Å². The van der Waals surface area contributed by atoms with Crippen molar-refractivity contribution in [2.75, 3.05) is 20.8 Å². The standard InChI is InChI=1S/C18H18N2O4/c1-22-13-9-12(10-14(11-13)23-2)18(21)19-8-7-17-20-15-5-3-4-6-16(15)24-17/h3-6,9-11H,7-8H2,1-2H3,(H,19,21). The number of nitrogens with one attached hydrogen (secondary N) is 1. The van der Waals surface area contributed by atoms with Crippen molar-refractivity contribution in [3.8, 4) is 11.5 Å². The van der Waals surface area contributed by atoms with Crippen LogP contribution in [0.5, 0.6) is 11.5 Å². The van der Waals surface area contributed by atoms with E-state index in [2.05, 4.69) is 10.3 Å². The van der Waals surface area contributed by atoms with Gasteiger partial charge in [-0.2, -0.15) is 0 Å². The van der Waals surface area contributed by atoms with Crippen LogP contribution < -0.4 is 14.8 Å². The van der Waals surface area contributed by atoms with Gasteiger partial charge in [-0.15, -0.1) is 0 Å². The zero-order valence-corrected chi connectivity index (χ0v) is 13.5. The van der Waals surface area contributed by atoms with Crippen LogP contribution in [0, 0.1) is 0 Å². The second-order valence-corrected chi connectivity index (χ2v) is 5.18. The van der Waals surface area contributed by atoms with Crippen LogP contribution in [0.3, 0.4) is 0 Å². The molecule has 6 nitrogen and oxygen atoms in total. The third kappa shape index (κ3) is 3.48. The van der Waals surface area contributed by atoms with E-state index in [4.69, 9.17) is 13.9 Å². The molecule has 0 unspecified atom stereocenters. The number of methoxy groups -OCH3 is 2. The number of amides is 1. The number of nitrogens with zero attached hydrogens (tertiary/aromatic N) is 1. The molecule has 0 bridgehead atoms. The second-order valence-electron chi connectivity index (χ2n) is 5.18. The van der Waals surface area contributed by atoms with E-state index in [1.807, 2.05) is 24.3 Å². The van der Waals surface area contributed by atoms with Crippen molar-refractivity contribution in [1.82, 2.24) is 10.3 Å². The molecule has 1 amide bonds. The fourth-order valence-electron chi connectivity index (χ4n) is 2.35. The van der Waals surface area contributed by atoms with Crippen LogP contribution in [-0.2, 0) is 6.42 Å². The Labute approximate surface area is 139 Å². The Morgan fingerprint density at radius 2 is 1.83 bits per heavy atom. The van der Waals surface area contributed by atoms with Crippen molar-refractivity contribution in [2.24, 2.45) is 0 Å². The van der Waals surface area contributed by atoms with Crippen LogP contribution in [0.2, 0.25) is 0 Å². The third-order valence-electron chi connectivity index (χ3n) is 3.58. The molecule has 0 aliphatic carbocycles. The van der Waals surface area contributed by atoms with E-state index in [-0.39, 0.29) is 5.91 Å². The van der Waals surface area contributed by atoms with E-state index in [9.17, 15) is 4.79 Å². The zero-order chi connectivity index (χ0) is 16.9. The van der Waals surface area contributed by atoms with Crippen molar-refractivity contribution in [3.05, 3.63) is 53.9 Å². The number of fused-ring (bicyclic) bond motifs is 1. The molecule has 24 heavy (non-hydrogen) atoms. The first kappa shape index (κ1) is 15.9. The summed E-state index contributed by atoms with van der Waals surface area (Å²) in [4.78, 5) is 16.6. The summed E-state index contributed by atoms with van der Waals surface area (Å²) < 4.78 is 16.0. The predicted molar refractivity (Wildman–Crippen MR) is 89.6 cm³/mol. The fourth-order valence-corrected chi connectivity index (χ4v) is 2.35. The van der Waals surface area contributed by atoms with Crippen LogP contribution in [0.4, 0.5) is 0 Å². The maximum absolute atomic E-state index is 12.3. The molecule has 0 aliphatic heterocycles. The van der Waals surface area contributed by atoms with Gasteiger partial charge in [-0.3, -0.25) is 4.79 Å². The van der Waals surface area contributed by atoms with Gasteiger partial charge in [0.25, 0.3) is 5.91 Å². The Morgan fingerprint density at radius 1 is 1.12 bits per heavy atom. The average Bonchev–Trinajstić information content (AvgIpc) is 3.03. The minimum atomic E-state index is -0.205. The first-order valence-electron chi connectivity index (χ1n) is 7.55. The minimum Gasteiger partial charge on any atom is -0.497 e. The molecule has 0 aliphatic rings. The summed E-state index contributed by atoms with van der Waals surface area (Å²) in [6, 6.07) is 12.6. The molecular formula is C18H18N2O4. The number of benzene rings is 2. The van der Waals surface area contributed by atoms with Crippen molar-refractivity contribution < 1.29 is 18.7 Å².